The van der Waals surface area contributed by atoms with E-state index in [0.717, 1.165) is 63.9 Å². The lowest BCUT2D eigenvalue weighted by Gasteiger charge is -2.38. The summed E-state index contributed by atoms with van der Waals surface area (Å²) >= 11 is 0. The third-order valence-electron chi connectivity index (χ3n) is 5.37. The summed E-state index contributed by atoms with van der Waals surface area (Å²) in [5, 5.41) is 4.16. The molecular weight excluding hydrogens is 342 g/mol. The van der Waals surface area contributed by atoms with Gasteiger partial charge in [0.1, 0.15) is 5.69 Å². The van der Waals surface area contributed by atoms with Crippen LogP contribution in [0.3, 0.4) is 0 Å². The molecule has 0 spiro atoms. The fourth-order valence-corrected chi connectivity index (χ4v) is 4.23. The minimum Gasteiger partial charge on any atom is -0.379 e. The molecule has 2 aliphatic rings. The SMILES string of the molecule is CC(C)(CN1CCOCC1)CN1CCCC1c1nc(-c2ccccn2)no1. The standard InChI is InChI=1S/C20H29N5O2/c1-20(2,14-24-10-12-26-13-11-24)15-25-9-5-7-17(25)19-22-18(23-27-19)16-6-3-4-8-21-16/h3-4,6,8,17H,5,7,9-15H2,1-2H3. The largest absolute Gasteiger partial charge is 0.379 e. The predicted molar refractivity (Wildman–Crippen MR) is 102 cm³/mol. The van der Waals surface area contributed by atoms with E-state index in [4.69, 9.17) is 9.26 Å². The highest BCUT2D eigenvalue weighted by Gasteiger charge is 2.35. The first-order valence-corrected chi connectivity index (χ1v) is 9.90. The van der Waals surface area contributed by atoms with Gasteiger partial charge in [-0.2, -0.15) is 4.98 Å². The number of hydrogen-bond acceptors (Lipinski definition) is 7. The van der Waals surface area contributed by atoms with E-state index in [-0.39, 0.29) is 11.5 Å². The molecule has 0 aromatic carbocycles. The van der Waals surface area contributed by atoms with Gasteiger partial charge in [-0.1, -0.05) is 25.1 Å². The highest BCUT2D eigenvalue weighted by atomic mass is 16.5. The first kappa shape index (κ1) is 18.5. The maximum absolute atomic E-state index is 5.63. The Bertz CT molecular complexity index is 727. The van der Waals surface area contributed by atoms with Gasteiger partial charge in [-0.15, -0.1) is 0 Å². The number of nitrogens with zero attached hydrogens (tertiary/aromatic N) is 5. The van der Waals surface area contributed by atoms with E-state index in [9.17, 15) is 0 Å². The van der Waals surface area contributed by atoms with Gasteiger partial charge in [0.05, 0.1) is 19.3 Å². The van der Waals surface area contributed by atoms with E-state index >= 15 is 0 Å². The van der Waals surface area contributed by atoms with Crippen LogP contribution in [0.15, 0.2) is 28.9 Å². The number of likely N-dealkylation sites (tertiary alicyclic amines) is 1. The summed E-state index contributed by atoms with van der Waals surface area (Å²) in [6.07, 6.45) is 3.98. The molecule has 0 saturated carbocycles. The van der Waals surface area contributed by atoms with Crippen LogP contribution in [-0.4, -0.2) is 70.9 Å². The van der Waals surface area contributed by atoms with Crippen LogP contribution in [0, 0.1) is 5.41 Å². The number of morpholine rings is 1. The van der Waals surface area contributed by atoms with Crippen molar-refractivity contribution in [2.45, 2.75) is 32.7 Å². The molecule has 2 aromatic heterocycles. The zero-order chi connectivity index (χ0) is 18.7. The molecule has 0 N–H and O–H groups in total. The van der Waals surface area contributed by atoms with Gasteiger partial charge in [0.15, 0.2) is 0 Å². The van der Waals surface area contributed by atoms with Crippen LogP contribution in [-0.2, 0) is 4.74 Å². The normalized spacial score (nSPS) is 22.4. The first-order valence-electron chi connectivity index (χ1n) is 9.90. The molecule has 4 heterocycles. The predicted octanol–water partition coefficient (Wildman–Crippen LogP) is 2.63. The Morgan fingerprint density at radius 3 is 2.78 bits per heavy atom. The molecule has 146 valence electrons. The maximum atomic E-state index is 5.63. The number of pyridine rings is 1. The zero-order valence-electron chi connectivity index (χ0n) is 16.3. The minimum absolute atomic E-state index is 0.198. The van der Waals surface area contributed by atoms with Crippen molar-refractivity contribution in [2.24, 2.45) is 5.41 Å². The van der Waals surface area contributed by atoms with Crippen LogP contribution in [0.1, 0.15) is 38.6 Å². The van der Waals surface area contributed by atoms with E-state index in [1.165, 1.54) is 6.42 Å². The molecule has 4 rings (SSSR count). The summed E-state index contributed by atoms with van der Waals surface area (Å²) in [7, 11) is 0. The summed E-state index contributed by atoms with van der Waals surface area (Å²) in [5.74, 6) is 1.29. The van der Waals surface area contributed by atoms with Crippen molar-refractivity contribution in [3.05, 3.63) is 30.3 Å². The molecule has 2 aromatic rings. The van der Waals surface area contributed by atoms with Crippen molar-refractivity contribution < 1.29 is 9.26 Å². The van der Waals surface area contributed by atoms with Crippen LogP contribution < -0.4 is 0 Å². The molecule has 1 atom stereocenters. The molecule has 0 aliphatic carbocycles. The van der Waals surface area contributed by atoms with Gasteiger partial charge in [-0.3, -0.25) is 14.8 Å². The Morgan fingerprint density at radius 2 is 2.00 bits per heavy atom. The average Bonchev–Trinajstić information content (AvgIpc) is 3.31. The lowest BCUT2D eigenvalue weighted by Crippen LogP contribution is -2.46. The monoisotopic (exact) mass is 371 g/mol. The highest BCUT2D eigenvalue weighted by Crippen LogP contribution is 2.34. The Kier molecular flexibility index (Phi) is 5.52. The molecular formula is C20H29N5O2. The molecule has 7 heteroatoms. The molecule has 1 unspecified atom stereocenters. The molecule has 0 amide bonds. The van der Waals surface area contributed by atoms with Gasteiger partial charge in [-0.25, -0.2) is 0 Å². The Morgan fingerprint density at radius 1 is 1.15 bits per heavy atom. The van der Waals surface area contributed by atoms with Crippen LogP contribution >= 0.6 is 0 Å². The van der Waals surface area contributed by atoms with Gasteiger partial charge < -0.3 is 9.26 Å². The molecule has 7 nitrogen and oxygen atoms in total. The van der Waals surface area contributed by atoms with Crippen molar-refractivity contribution in [1.29, 1.82) is 0 Å². The average molecular weight is 371 g/mol. The van der Waals surface area contributed by atoms with Crippen LogP contribution in [0.5, 0.6) is 0 Å². The molecule has 0 radical (unpaired) electrons. The summed E-state index contributed by atoms with van der Waals surface area (Å²) < 4.78 is 11.1. The van der Waals surface area contributed by atoms with E-state index in [0.29, 0.717) is 5.82 Å². The number of ether oxygens (including phenoxy) is 1. The Labute approximate surface area is 160 Å². The van der Waals surface area contributed by atoms with Crippen molar-refractivity contribution in [3.8, 4) is 11.5 Å². The topological polar surface area (TPSA) is 67.5 Å². The first-order chi connectivity index (χ1) is 13.1. The molecule has 27 heavy (non-hydrogen) atoms. The fraction of sp³-hybridized carbons (Fsp3) is 0.650. The van der Waals surface area contributed by atoms with Gasteiger partial charge in [-0.05, 0) is 36.9 Å². The maximum Gasteiger partial charge on any atom is 0.244 e. The number of aromatic nitrogens is 3. The molecule has 0 bridgehead atoms. The number of hydrogen-bond donors (Lipinski definition) is 0. The van der Waals surface area contributed by atoms with Crippen LogP contribution in [0.25, 0.3) is 11.5 Å². The second kappa shape index (κ2) is 8.04. The third kappa shape index (κ3) is 4.54. The Balaban J connectivity index is 1.42. The molecule has 2 aliphatic heterocycles. The van der Waals surface area contributed by atoms with Gasteiger partial charge in [0.25, 0.3) is 0 Å². The quantitative estimate of drug-likeness (QED) is 0.773. The van der Waals surface area contributed by atoms with Crippen molar-refractivity contribution in [1.82, 2.24) is 24.9 Å². The lowest BCUT2D eigenvalue weighted by molar-refractivity contribution is 0.0133. The van der Waals surface area contributed by atoms with E-state index < -0.39 is 0 Å². The van der Waals surface area contributed by atoms with Gasteiger partial charge >= 0.3 is 0 Å². The van der Waals surface area contributed by atoms with E-state index in [1.807, 2.05) is 18.2 Å². The van der Waals surface area contributed by atoms with Crippen molar-refractivity contribution in [3.63, 3.8) is 0 Å². The smallest absolute Gasteiger partial charge is 0.244 e. The summed E-state index contributed by atoms with van der Waals surface area (Å²) in [4.78, 5) is 14.0. The second-order valence-electron chi connectivity index (χ2n) is 8.35. The second-order valence-corrected chi connectivity index (χ2v) is 8.35. The fourth-order valence-electron chi connectivity index (χ4n) is 4.23. The Hall–Kier alpha value is -1.83. The third-order valence-corrected chi connectivity index (χ3v) is 5.37. The van der Waals surface area contributed by atoms with Crippen LogP contribution in [0.4, 0.5) is 0 Å². The van der Waals surface area contributed by atoms with E-state index in [2.05, 4.69) is 38.8 Å². The van der Waals surface area contributed by atoms with Gasteiger partial charge in [0.2, 0.25) is 11.7 Å². The molecule has 2 saturated heterocycles. The minimum atomic E-state index is 0.198. The van der Waals surface area contributed by atoms with Gasteiger partial charge in [0, 0.05) is 32.4 Å². The molecule has 2 fully saturated rings. The summed E-state index contributed by atoms with van der Waals surface area (Å²) in [6, 6.07) is 5.94. The summed E-state index contributed by atoms with van der Waals surface area (Å²) in [6.45, 7) is 11.7. The van der Waals surface area contributed by atoms with Crippen molar-refractivity contribution >= 4 is 0 Å². The highest BCUT2D eigenvalue weighted by molar-refractivity contribution is 5.47. The summed E-state index contributed by atoms with van der Waals surface area (Å²) in [5.41, 5.74) is 0.953. The van der Waals surface area contributed by atoms with Crippen molar-refractivity contribution in [2.75, 3.05) is 45.9 Å². The number of rotatable bonds is 6. The van der Waals surface area contributed by atoms with Crippen LogP contribution in [0.2, 0.25) is 0 Å². The van der Waals surface area contributed by atoms with E-state index in [1.54, 1.807) is 6.20 Å². The zero-order valence-corrected chi connectivity index (χ0v) is 16.3. The lowest BCUT2D eigenvalue weighted by atomic mass is 9.91.